The van der Waals surface area contributed by atoms with Crippen LogP contribution >= 0.6 is 0 Å². The van der Waals surface area contributed by atoms with E-state index in [0.29, 0.717) is 38.3 Å². The zero-order chi connectivity index (χ0) is 18.0. The Morgan fingerprint density at radius 2 is 2.00 bits per heavy atom. The zero-order valence-corrected chi connectivity index (χ0v) is 13.9. The number of aryl methyl sites for hydroxylation is 1. The number of nitrogens with zero attached hydrogens (tertiary/aromatic N) is 4. The van der Waals surface area contributed by atoms with Crippen molar-refractivity contribution in [3.8, 4) is 0 Å². The lowest BCUT2D eigenvalue weighted by Gasteiger charge is -2.43. The molecule has 0 saturated carbocycles. The summed E-state index contributed by atoms with van der Waals surface area (Å²) in [4.78, 5) is 23.3. The lowest BCUT2D eigenvalue weighted by atomic mass is 10.1. The average Bonchev–Trinajstić information content (AvgIpc) is 2.61. The molecule has 25 heavy (non-hydrogen) atoms. The molecular weight excluding hydrogens is 337 g/mol. The van der Waals surface area contributed by atoms with E-state index >= 15 is 0 Å². The molecule has 3 rings (SSSR count). The monoisotopic (exact) mass is 358 g/mol. The third-order valence-corrected chi connectivity index (χ3v) is 4.54. The van der Waals surface area contributed by atoms with Crippen molar-refractivity contribution in [2.24, 2.45) is 0 Å². The number of anilines is 1. The Morgan fingerprint density at radius 3 is 2.64 bits per heavy atom. The molecule has 0 aliphatic carbocycles. The third-order valence-electron chi connectivity index (χ3n) is 4.54. The summed E-state index contributed by atoms with van der Waals surface area (Å²) in [7, 11) is 0. The van der Waals surface area contributed by atoms with Gasteiger partial charge in [-0.2, -0.15) is 0 Å². The van der Waals surface area contributed by atoms with Crippen LogP contribution < -0.4 is 15.5 Å². The van der Waals surface area contributed by atoms with Gasteiger partial charge in [0.25, 0.3) is 6.43 Å². The molecule has 2 N–H and O–H groups in total. The fraction of sp³-hybridized carbons (Fsp3) is 0.667. The second-order valence-electron chi connectivity index (χ2n) is 6.12. The maximum absolute atomic E-state index is 14.4. The Labute approximate surface area is 143 Å². The van der Waals surface area contributed by atoms with Gasteiger partial charge in [0.1, 0.15) is 12.6 Å². The SMILES string of the molecule is CCc1ncnc(N2CCN(C3NC(=O)CC(C(F)F)N3)CC2)c1F. The summed E-state index contributed by atoms with van der Waals surface area (Å²) in [6, 6.07) is -1.15. The van der Waals surface area contributed by atoms with Gasteiger partial charge in [0.15, 0.2) is 11.6 Å². The second-order valence-corrected chi connectivity index (χ2v) is 6.12. The van der Waals surface area contributed by atoms with Crippen molar-refractivity contribution in [2.75, 3.05) is 31.1 Å². The molecule has 0 bridgehead atoms. The van der Waals surface area contributed by atoms with Gasteiger partial charge in [0.05, 0.1) is 11.7 Å². The van der Waals surface area contributed by atoms with Crippen molar-refractivity contribution in [3.63, 3.8) is 0 Å². The van der Waals surface area contributed by atoms with E-state index in [1.165, 1.54) is 6.33 Å². The van der Waals surface area contributed by atoms with Gasteiger partial charge < -0.3 is 10.2 Å². The van der Waals surface area contributed by atoms with Crippen LogP contribution in [0.25, 0.3) is 0 Å². The van der Waals surface area contributed by atoms with E-state index in [1.807, 2.05) is 16.7 Å². The third kappa shape index (κ3) is 3.84. The smallest absolute Gasteiger partial charge is 0.254 e. The van der Waals surface area contributed by atoms with Crippen LogP contribution in [0.2, 0.25) is 0 Å². The first kappa shape index (κ1) is 17.9. The van der Waals surface area contributed by atoms with Crippen LogP contribution in [0.1, 0.15) is 19.0 Å². The second kappa shape index (κ2) is 7.52. The van der Waals surface area contributed by atoms with Gasteiger partial charge in [-0.15, -0.1) is 0 Å². The van der Waals surface area contributed by atoms with Gasteiger partial charge in [-0.3, -0.25) is 15.0 Å². The molecule has 2 saturated heterocycles. The molecule has 2 atom stereocenters. The van der Waals surface area contributed by atoms with Gasteiger partial charge in [-0.25, -0.2) is 23.1 Å². The Morgan fingerprint density at radius 1 is 1.28 bits per heavy atom. The minimum absolute atomic E-state index is 0.236. The first-order valence-electron chi connectivity index (χ1n) is 8.31. The molecule has 1 aromatic heterocycles. The number of carbonyl (C=O) groups excluding carboxylic acids is 1. The number of halogens is 3. The Bertz CT molecular complexity index is 623. The van der Waals surface area contributed by atoms with Crippen LogP contribution in [0.5, 0.6) is 0 Å². The lowest BCUT2D eigenvalue weighted by molar-refractivity contribution is -0.129. The fourth-order valence-electron chi connectivity index (χ4n) is 3.13. The van der Waals surface area contributed by atoms with Gasteiger partial charge >= 0.3 is 0 Å². The van der Waals surface area contributed by atoms with Gasteiger partial charge in [0, 0.05) is 32.6 Å². The van der Waals surface area contributed by atoms with Crippen LogP contribution in [0.3, 0.4) is 0 Å². The van der Waals surface area contributed by atoms with E-state index in [9.17, 15) is 18.0 Å². The molecule has 1 amide bonds. The number of aromatic nitrogens is 2. The molecule has 2 unspecified atom stereocenters. The summed E-state index contributed by atoms with van der Waals surface area (Å²) in [6.45, 7) is 3.75. The topological polar surface area (TPSA) is 73.4 Å². The number of piperazine rings is 1. The van der Waals surface area contributed by atoms with Gasteiger partial charge in [-0.1, -0.05) is 6.92 Å². The summed E-state index contributed by atoms with van der Waals surface area (Å²) in [5.74, 6) is -0.552. The molecular formula is C15H21F3N6O. The van der Waals surface area contributed by atoms with E-state index in [-0.39, 0.29) is 12.2 Å². The van der Waals surface area contributed by atoms with Crippen LogP contribution in [0, 0.1) is 5.82 Å². The van der Waals surface area contributed by atoms with Gasteiger partial charge in [0.2, 0.25) is 5.91 Å². The fourth-order valence-corrected chi connectivity index (χ4v) is 3.13. The molecule has 2 fully saturated rings. The Kier molecular flexibility index (Phi) is 5.38. The number of hydrogen-bond acceptors (Lipinski definition) is 6. The highest BCUT2D eigenvalue weighted by Gasteiger charge is 2.35. The minimum atomic E-state index is -2.60. The van der Waals surface area contributed by atoms with Crippen molar-refractivity contribution in [3.05, 3.63) is 17.8 Å². The van der Waals surface area contributed by atoms with Crippen LogP contribution in [-0.2, 0) is 11.2 Å². The van der Waals surface area contributed by atoms with Crippen molar-refractivity contribution >= 4 is 11.7 Å². The largest absolute Gasteiger partial charge is 0.352 e. The number of rotatable bonds is 4. The van der Waals surface area contributed by atoms with Crippen molar-refractivity contribution < 1.29 is 18.0 Å². The Balaban J connectivity index is 1.63. The summed E-state index contributed by atoms with van der Waals surface area (Å²) in [5.41, 5.74) is 0.369. The molecule has 138 valence electrons. The summed E-state index contributed by atoms with van der Waals surface area (Å²) in [6.07, 6.45) is -1.64. The van der Waals surface area contributed by atoms with Gasteiger partial charge in [-0.05, 0) is 6.42 Å². The highest BCUT2D eigenvalue weighted by molar-refractivity contribution is 5.77. The quantitative estimate of drug-likeness (QED) is 0.808. The van der Waals surface area contributed by atoms with Crippen molar-refractivity contribution in [1.29, 1.82) is 0 Å². The summed E-state index contributed by atoms with van der Waals surface area (Å²) < 4.78 is 40.2. The first-order chi connectivity index (χ1) is 12.0. The number of alkyl halides is 2. The van der Waals surface area contributed by atoms with Crippen molar-refractivity contribution in [2.45, 2.75) is 38.5 Å². The van der Waals surface area contributed by atoms with Crippen LogP contribution in [0.15, 0.2) is 6.33 Å². The van der Waals surface area contributed by atoms with E-state index in [4.69, 9.17) is 0 Å². The minimum Gasteiger partial charge on any atom is -0.352 e. The lowest BCUT2D eigenvalue weighted by Crippen LogP contribution is -2.67. The average molecular weight is 358 g/mol. The number of amides is 1. The molecule has 10 heteroatoms. The molecule has 7 nitrogen and oxygen atoms in total. The highest BCUT2D eigenvalue weighted by Crippen LogP contribution is 2.21. The molecule has 1 aromatic rings. The van der Waals surface area contributed by atoms with Crippen LogP contribution in [-0.4, -0.2) is 65.7 Å². The van der Waals surface area contributed by atoms with E-state index in [2.05, 4.69) is 20.6 Å². The predicted molar refractivity (Wildman–Crippen MR) is 84.6 cm³/mol. The number of carbonyl (C=O) groups is 1. The highest BCUT2D eigenvalue weighted by atomic mass is 19.3. The zero-order valence-electron chi connectivity index (χ0n) is 13.9. The maximum atomic E-state index is 14.4. The van der Waals surface area contributed by atoms with Crippen LogP contribution in [0.4, 0.5) is 19.0 Å². The molecule has 0 radical (unpaired) electrons. The standard InChI is InChI=1S/C15H21F3N6O/c1-2-9-12(16)14(20-8-19-9)23-3-5-24(6-4-23)15-21-10(13(17)18)7-11(25)22-15/h8,10,13,15,21H,2-7H2,1H3,(H,22,25). The number of hydrogen-bond donors (Lipinski definition) is 2. The first-order valence-corrected chi connectivity index (χ1v) is 8.31. The molecule has 2 aliphatic heterocycles. The van der Waals surface area contributed by atoms with E-state index in [0.717, 1.165) is 0 Å². The van der Waals surface area contributed by atoms with Crippen molar-refractivity contribution in [1.82, 2.24) is 25.5 Å². The number of nitrogens with one attached hydrogen (secondary N) is 2. The normalized spacial score (nSPS) is 25.3. The molecule has 0 spiro atoms. The predicted octanol–water partition coefficient (Wildman–Crippen LogP) is 0.327. The summed E-state index contributed by atoms with van der Waals surface area (Å²) >= 11 is 0. The summed E-state index contributed by atoms with van der Waals surface area (Å²) in [5, 5.41) is 5.44. The van der Waals surface area contributed by atoms with E-state index in [1.54, 1.807) is 0 Å². The molecule has 2 aliphatic rings. The van der Waals surface area contributed by atoms with E-state index < -0.39 is 30.5 Å². The maximum Gasteiger partial charge on any atom is 0.254 e. The Hall–Kier alpha value is -1.94. The molecule has 3 heterocycles. The molecule has 0 aromatic carbocycles.